The summed E-state index contributed by atoms with van der Waals surface area (Å²) < 4.78 is 0. The largest absolute Gasteiger partial charge is 0.0813 e. The first kappa shape index (κ1) is 10.9. The highest BCUT2D eigenvalue weighted by atomic mass is 14.1. The predicted molar refractivity (Wildman–Crippen MR) is 71.2 cm³/mol. The minimum absolute atomic E-state index is 1.06. The fourth-order valence-corrected chi connectivity index (χ4v) is 2.06. The summed E-state index contributed by atoms with van der Waals surface area (Å²) in [4.78, 5) is 0. The molecule has 16 heavy (non-hydrogen) atoms. The Bertz CT molecular complexity index is 423. The molecule has 0 radical (unpaired) electrons. The Hall–Kier alpha value is -1.56. The highest BCUT2D eigenvalue weighted by Gasteiger charge is 2.05. The van der Waals surface area contributed by atoms with Crippen LogP contribution in [-0.2, 0) is 0 Å². The first-order valence-electron chi connectivity index (χ1n) is 5.99. The van der Waals surface area contributed by atoms with E-state index >= 15 is 0 Å². The van der Waals surface area contributed by atoms with Gasteiger partial charge in [0.1, 0.15) is 0 Å². The molecule has 0 aromatic carbocycles. The molecule has 0 aromatic rings. The lowest BCUT2D eigenvalue weighted by molar-refractivity contribution is 1.10. The Balaban J connectivity index is 2.26. The zero-order valence-corrected chi connectivity index (χ0v) is 9.82. The molecule has 2 aliphatic rings. The third-order valence-corrected chi connectivity index (χ3v) is 2.87. The molecule has 0 saturated heterocycles. The maximum atomic E-state index is 2.31. The predicted octanol–water partition coefficient (Wildman–Crippen LogP) is 4.65. The summed E-state index contributed by atoms with van der Waals surface area (Å²) in [5.74, 6) is 0. The molecule has 0 saturated carbocycles. The van der Waals surface area contributed by atoms with Gasteiger partial charge in [-0.2, -0.15) is 0 Å². The molecule has 2 rings (SSSR count). The summed E-state index contributed by atoms with van der Waals surface area (Å²) in [5.41, 5.74) is 4.33. The Labute approximate surface area is 98.1 Å². The van der Waals surface area contributed by atoms with Gasteiger partial charge in [-0.05, 0) is 36.0 Å². The molecule has 0 aliphatic heterocycles. The lowest BCUT2D eigenvalue weighted by Gasteiger charge is -2.09. The van der Waals surface area contributed by atoms with E-state index in [1.54, 1.807) is 0 Å². The third kappa shape index (κ3) is 2.73. The van der Waals surface area contributed by atoms with Crippen molar-refractivity contribution >= 4 is 0 Å². The maximum absolute atomic E-state index is 2.31. The van der Waals surface area contributed by atoms with Crippen molar-refractivity contribution in [3.05, 3.63) is 71.4 Å². The Morgan fingerprint density at radius 2 is 1.75 bits per heavy atom. The van der Waals surface area contributed by atoms with Gasteiger partial charge in [-0.15, -0.1) is 0 Å². The molecular formula is C16H18. The van der Waals surface area contributed by atoms with Gasteiger partial charge in [-0.3, -0.25) is 0 Å². The second-order valence-corrected chi connectivity index (χ2v) is 4.12. The van der Waals surface area contributed by atoms with E-state index in [1.807, 2.05) is 0 Å². The molecule has 0 N–H and O–H groups in total. The normalized spacial score (nSPS) is 26.4. The van der Waals surface area contributed by atoms with Crippen LogP contribution in [0.3, 0.4) is 0 Å². The van der Waals surface area contributed by atoms with Crippen LogP contribution in [0.25, 0.3) is 0 Å². The van der Waals surface area contributed by atoms with Gasteiger partial charge < -0.3 is 0 Å². The summed E-state index contributed by atoms with van der Waals surface area (Å²) in [5, 5.41) is 0. The van der Waals surface area contributed by atoms with E-state index in [0.29, 0.717) is 0 Å². The van der Waals surface area contributed by atoms with Crippen LogP contribution in [0.4, 0.5) is 0 Å². The number of allylic oxidation sites excluding steroid dienone is 12. The van der Waals surface area contributed by atoms with Crippen molar-refractivity contribution in [3.8, 4) is 0 Å². The van der Waals surface area contributed by atoms with Crippen molar-refractivity contribution in [1.82, 2.24) is 0 Å². The summed E-state index contributed by atoms with van der Waals surface area (Å²) in [6.45, 7) is 2.19. The van der Waals surface area contributed by atoms with Gasteiger partial charge in [-0.25, -0.2) is 0 Å². The van der Waals surface area contributed by atoms with Crippen LogP contribution < -0.4 is 0 Å². The summed E-state index contributed by atoms with van der Waals surface area (Å²) in [6.07, 6.45) is 23.0. The number of hydrogen-bond donors (Lipinski definition) is 0. The van der Waals surface area contributed by atoms with E-state index in [0.717, 1.165) is 19.3 Å². The van der Waals surface area contributed by atoms with E-state index in [-0.39, 0.29) is 0 Å². The summed E-state index contributed by atoms with van der Waals surface area (Å²) in [7, 11) is 0. The fourth-order valence-electron chi connectivity index (χ4n) is 2.06. The zero-order valence-electron chi connectivity index (χ0n) is 9.82. The lowest BCUT2D eigenvalue weighted by Crippen LogP contribution is -1.90. The van der Waals surface area contributed by atoms with Crippen LogP contribution in [0.1, 0.15) is 26.2 Å². The van der Waals surface area contributed by atoms with Crippen molar-refractivity contribution in [2.45, 2.75) is 26.2 Å². The SMILES string of the molecule is CC/C=C1/C=CC=C/C(=C2\C=CC=CC2)C1. The molecule has 2 aliphatic carbocycles. The first-order valence-corrected chi connectivity index (χ1v) is 5.99. The van der Waals surface area contributed by atoms with E-state index in [1.165, 1.54) is 16.7 Å². The molecule has 0 bridgehead atoms. The number of rotatable bonds is 1. The third-order valence-electron chi connectivity index (χ3n) is 2.87. The molecule has 0 aromatic heterocycles. The average molecular weight is 210 g/mol. The summed E-state index contributed by atoms with van der Waals surface area (Å²) in [6, 6.07) is 0. The van der Waals surface area contributed by atoms with E-state index in [2.05, 4.69) is 61.6 Å². The highest BCUT2D eigenvalue weighted by Crippen LogP contribution is 2.25. The second-order valence-electron chi connectivity index (χ2n) is 4.12. The van der Waals surface area contributed by atoms with Crippen molar-refractivity contribution in [2.24, 2.45) is 0 Å². The van der Waals surface area contributed by atoms with Gasteiger partial charge in [0, 0.05) is 0 Å². The molecule has 0 atom stereocenters. The van der Waals surface area contributed by atoms with E-state index in [4.69, 9.17) is 0 Å². The van der Waals surface area contributed by atoms with E-state index in [9.17, 15) is 0 Å². The van der Waals surface area contributed by atoms with Crippen LogP contribution in [0.15, 0.2) is 71.4 Å². The van der Waals surface area contributed by atoms with Crippen LogP contribution in [0.2, 0.25) is 0 Å². The molecule has 0 fully saturated rings. The molecule has 0 amide bonds. The van der Waals surface area contributed by atoms with Gasteiger partial charge in [0.15, 0.2) is 0 Å². The van der Waals surface area contributed by atoms with Crippen molar-refractivity contribution in [1.29, 1.82) is 0 Å². The van der Waals surface area contributed by atoms with Crippen LogP contribution in [-0.4, -0.2) is 0 Å². The van der Waals surface area contributed by atoms with Gasteiger partial charge in [0.05, 0.1) is 0 Å². The fraction of sp³-hybridized carbons (Fsp3) is 0.250. The van der Waals surface area contributed by atoms with E-state index < -0.39 is 0 Å². The van der Waals surface area contributed by atoms with Gasteiger partial charge in [0.2, 0.25) is 0 Å². The molecule has 0 heterocycles. The summed E-state index contributed by atoms with van der Waals surface area (Å²) >= 11 is 0. The molecule has 0 nitrogen and oxygen atoms in total. The molecule has 0 spiro atoms. The Morgan fingerprint density at radius 1 is 1.00 bits per heavy atom. The Morgan fingerprint density at radius 3 is 2.50 bits per heavy atom. The van der Waals surface area contributed by atoms with Crippen molar-refractivity contribution in [2.75, 3.05) is 0 Å². The molecule has 82 valence electrons. The molecule has 0 heteroatoms. The Kier molecular flexibility index (Phi) is 3.76. The quantitative estimate of drug-likeness (QED) is 0.591. The van der Waals surface area contributed by atoms with Gasteiger partial charge >= 0.3 is 0 Å². The minimum atomic E-state index is 1.06. The van der Waals surface area contributed by atoms with Crippen molar-refractivity contribution in [3.63, 3.8) is 0 Å². The van der Waals surface area contributed by atoms with Crippen LogP contribution >= 0.6 is 0 Å². The lowest BCUT2D eigenvalue weighted by atomic mass is 9.96. The minimum Gasteiger partial charge on any atom is -0.0813 e. The zero-order chi connectivity index (χ0) is 11.2. The van der Waals surface area contributed by atoms with Gasteiger partial charge in [0.25, 0.3) is 0 Å². The molecular weight excluding hydrogens is 192 g/mol. The number of hydrogen-bond acceptors (Lipinski definition) is 0. The standard InChI is InChI=1S/C16H18/c1-2-8-14-9-6-7-12-16(13-14)15-10-4-3-5-11-15/h3-10,12H,2,11,13H2,1H3/b14-8-,16-15-. The first-order chi connectivity index (χ1) is 7.90. The highest BCUT2D eigenvalue weighted by molar-refractivity contribution is 5.45. The molecule has 0 unspecified atom stereocenters. The monoisotopic (exact) mass is 210 g/mol. The second kappa shape index (κ2) is 5.50. The van der Waals surface area contributed by atoms with Gasteiger partial charge in [-0.1, -0.05) is 61.6 Å². The average Bonchev–Trinajstić information content (AvgIpc) is 2.56. The van der Waals surface area contributed by atoms with Crippen LogP contribution in [0.5, 0.6) is 0 Å². The van der Waals surface area contributed by atoms with Crippen LogP contribution in [0, 0.1) is 0 Å². The topological polar surface area (TPSA) is 0 Å². The van der Waals surface area contributed by atoms with Crippen molar-refractivity contribution < 1.29 is 0 Å². The smallest absolute Gasteiger partial charge is 0.00261 e. The maximum Gasteiger partial charge on any atom is -0.00261 e.